The van der Waals surface area contributed by atoms with Crippen LogP contribution >= 0.6 is 22.9 Å². The van der Waals surface area contributed by atoms with Crippen LogP contribution in [-0.4, -0.2) is 60.8 Å². The summed E-state index contributed by atoms with van der Waals surface area (Å²) in [5, 5.41) is 18.7. The van der Waals surface area contributed by atoms with Crippen molar-refractivity contribution in [2.75, 3.05) is 18.4 Å². The normalized spacial score (nSPS) is 16.6. The van der Waals surface area contributed by atoms with Crippen LogP contribution < -0.4 is 5.32 Å². The van der Waals surface area contributed by atoms with Crippen molar-refractivity contribution >= 4 is 39.9 Å². The molecule has 0 bridgehead atoms. The maximum Gasteiger partial charge on any atom is 0.253 e. The third-order valence-electron chi connectivity index (χ3n) is 6.83. The Morgan fingerprint density at radius 2 is 2.11 bits per heavy atom. The third-order valence-corrected chi connectivity index (χ3v) is 8.15. The van der Waals surface area contributed by atoms with Crippen molar-refractivity contribution in [3.8, 4) is 27.5 Å². The quantitative estimate of drug-likeness (QED) is 0.391. The van der Waals surface area contributed by atoms with E-state index in [1.807, 2.05) is 16.8 Å². The Hall–Kier alpha value is -3.60. The summed E-state index contributed by atoms with van der Waals surface area (Å²) < 4.78 is 1.81. The molecule has 1 saturated heterocycles. The highest BCUT2D eigenvalue weighted by atomic mass is 35.5. The Balaban J connectivity index is 1.45. The van der Waals surface area contributed by atoms with Gasteiger partial charge in [0.15, 0.2) is 5.13 Å². The summed E-state index contributed by atoms with van der Waals surface area (Å²) in [5.41, 5.74) is 5.64. The van der Waals surface area contributed by atoms with Gasteiger partial charge < -0.3 is 15.3 Å². The standard InChI is InChI=1S/C27H25ClN6O3S/c1-15(35)30-27-31-21-8-7-19-23(17-4-2-10-29-13-17)32-34(24(19)25(21)38-27)22-9-6-16(12-20(22)28)26(37)33-11-3-5-18(36)14-33/h2,4,6,9-10,12-13,18,36H,3,5,7-8,11,14H2,1H3,(H,30,31,35). The van der Waals surface area contributed by atoms with Crippen molar-refractivity contribution in [3.63, 3.8) is 0 Å². The second-order valence-corrected chi connectivity index (χ2v) is 10.9. The average molecular weight is 549 g/mol. The predicted octanol–water partition coefficient (Wildman–Crippen LogP) is 4.37. The SMILES string of the molecule is CC(=O)Nc1nc2c(s1)-c1c(c(-c3cccnc3)nn1-c1ccc(C(=O)N3CCCC(O)C3)cc1Cl)CC2. The molecule has 1 atom stereocenters. The van der Waals surface area contributed by atoms with Gasteiger partial charge in [-0.05, 0) is 56.0 Å². The van der Waals surface area contributed by atoms with Crippen molar-refractivity contribution in [1.82, 2.24) is 24.6 Å². The number of carbonyl (C=O) groups is 2. The number of nitrogens with one attached hydrogen (secondary N) is 1. The van der Waals surface area contributed by atoms with Crippen LogP contribution in [0.5, 0.6) is 0 Å². The monoisotopic (exact) mass is 548 g/mol. The molecule has 0 radical (unpaired) electrons. The molecule has 194 valence electrons. The van der Waals surface area contributed by atoms with Crippen LogP contribution in [0.15, 0.2) is 42.7 Å². The lowest BCUT2D eigenvalue weighted by Gasteiger charge is -2.30. The Kier molecular flexibility index (Phi) is 6.46. The topological polar surface area (TPSA) is 113 Å². The van der Waals surface area contributed by atoms with Gasteiger partial charge >= 0.3 is 0 Å². The number of halogens is 1. The van der Waals surface area contributed by atoms with Gasteiger partial charge in [0.2, 0.25) is 5.91 Å². The number of rotatable bonds is 4. The van der Waals surface area contributed by atoms with Crippen LogP contribution in [0.25, 0.3) is 27.5 Å². The first kappa shape index (κ1) is 24.7. The van der Waals surface area contributed by atoms with Gasteiger partial charge in [0.25, 0.3) is 5.91 Å². The Bertz CT molecular complexity index is 1550. The maximum atomic E-state index is 13.1. The van der Waals surface area contributed by atoms with Crippen molar-refractivity contribution in [2.24, 2.45) is 0 Å². The van der Waals surface area contributed by atoms with Crippen LogP contribution in [0.3, 0.4) is 0 Å². The molecule has 1 aliphatic carbocycles. The van der Waals surface area contributed by atoms with E-state index in [4.69, 9.17) is 16.7 Å². The molecule has 2 aliphatic rings. The highest BCUT2D eigenvalue weighted by molar-refractivity contribution is 7.19. The van der Waals surface area contributed by atoms with Crippen LogP contribution in [0.1, 0.15) is 41.4 Å². The average Bonchev–Trinajstić information content (AvgIpc) is 3.49. The number of amides is 2. The molecule has 0 spiro atoms. The zero-order chi connectivity index (χ0) is 26.4. The molecule has 1 unspecified atom stereocenters. The summed E-state index contributed by atoms with van der Waals surface area (Å²) in [7, 11) is 0. The van der Waals surface area contributed by atoms with Gasteiger partial charge in [-0.15, -0.1) is 0 Å². The largest absolute Gasteiger partial charge is 0.391 e. The number of anilines is 1. The molecular formula is C27H25ClN6O3S. The van der Waals surface area contributed by atoms with Gasteiger partial charge in [-0.1, -0.05) is 22.9 Å². The van der Waals surface area contributed by atoms with Crippen molar-refractivity contribution in [2.45, 2.75) is 38.7 Å². The van der Waals surface area contributed by atoms with Crippen molar-refractivity contribution in [1.29, 1.82) is 0 Å². The summed E-state index contributed by atoms with van der Waals surface area (Å²) >= 11 is 8.22. The smallest absolute Gasteiger partial charge is 0.253 e. The van der Waals surface area contributed by atoms with Gasteiger partial charge in [-0.2, -0.15) is 5.10 Å². The Morgan fingerprint density at radius 1 is 1.24 bits per heavy atom. The highest BCUT2D eigenvalue weighted by Gasteiger charge is 2.31. The molecule has 4 heterocycles. The second kappa shape index (κ2) is 9.94. The number of β-amino-alcohol motifs (C(OH)–C–C–N with tert-alkyl or cyclic N) is 1. The fourth-order valence-electron chi connectivity index (χ4n) is 5.12. The molecule has 2 N–H and O–H groups in total. The van der Waals surface area contributed by atoms with E-state index >= 15 is 0 Å². The van der Waals surface area contributed by atoms with E-state index in [1.165, 1.54) is 18.3 Å². The third kappa shape index (κ3) is 4.48. The summed E-state index contributed by atoms with van der Waals surface area (Å²) in [5.74, 6) is -0.328. The summed E-state index contributed by atoms with van der Waals surface area (Å²) in [6, 6.07) is 9.07. The number of aliphatic hydroxyl groups excluding tert-OH is 1. The molecule has 6 rings (SSSR count). The molecule has 11 heteroatoms. The first-order chi connectivity index (χ1) is 18.4. The number of hydrogen-bond donors (Lipinski definition) is 2. The fourth-order valence-corrected chi connectivity index (χ4v) is 6.49. The van der Waals surface area contributed by atoms with E-state index in [0.717, 1.165) is 52.3 Å². The Labute approximate surface area is 228 Å². The highest BCUT2D eigenvalue weighted by Crippen LogP contribution is 2.44. The van der Waals surface area contributed by atoms with E-state index in [-0.39, 0.29) is 11.8 Å². The number of pyridine rings is 1. The van der Waals surface area contributed by atoms with Gasteiger partial charge in [0, 0.05) is 49.1 Å². The zero-order valence-electron chi connectivity index (χ0n) is 20.6. The number of fused-ring (bicyclic) bond motifs is 3. The summed E-state index contributed by atoms with van der Waals surface area (Å²) in [6.45, 7) is 2.40. The minimum absolute atomic E-state index is 0.152. The number of aliphatic hydroxyl groups is 1. The number of nitrogens with zero attached hydrogens (tertiary/aromatic N) is 5. The van der Waals surface area contributed by atoms with E-state index in [2.05, 4.69) is 15.3 Å². The fraction of sp³-hybridized carbons (Fsp3) is 0.296. The van der Waals surface area contributed by atoms with Gasteiger partial charge in [-0.25, -0.2) is 9.67 Å². The number of carbonyl (C=O) groups excluding carboxylic acids is 2. The molecule has 4 aromatic rings. The van der Waals surface area contributed by atoms with E-state index in [0.29, 0.717) is 40.9 Å². The molecule has 2 amide bonds. The number of aryl methyl sites for hydroxylation is 1. The molecule has 3 aromatic heterocycles. The number of hydrogen-bond acceptors (Lipinski definition) is 7. The lowest BCUT2D eigenvalue weighted by Crippen LogP contribution is -2.42. The molecule has 9 nitrogen and oxygen atoms in total. The molecule has 1 aromatic carbocycles. The summed E-state index contributed by atoms with van der Waals surface area (Å²) in [6.07, 6.45) is 5.93. The first-order valence-electron chi connectivity index (χ1n) is 12.5. The minimum Gasteiger partial charge on any atom is -0.391 e. The van der Waals surface area contributed by atoms with Crippen LogP contribution in [-0.2, 0) is 17.6 Å². The second-order valence-electron chi connectivity index (χ2n) is 9.52. The molecule has 0 saturated carbocycles. The van der Waals surface area contributed by atoms with Crippen molar-refractivity contribution in [3.05, 3.63) is 64.6 Å². The van der Waals surface area contributed by atoms with Gasteiger partial charge in [-0.3, -0.25) is 14.6 Å². The van der Waals surface area contributed by atoms with E-state index < -0.39 is 6.10 Å². The van der Waals surface area contributed by atoms with Gasteiger partial charge in [0.1, 0.15) is 0 Å². The van der Waals surface area contributed by atoms with Crippen LogP contribution in [0, 0.1) is 0 Å². The lowest BCUT2D eigenvalue weighted by atomic mass is 9.95. The minimum atomic E-state index is -0.500. The molecule has 38 heavy (non-hydrogen) atoms. The van der Waals surface area contributed by atoms with Gasteiger partial charge in [0.05, 0.1) is 38.8 Å². The number of benzene rings is 1. The number of aromatic nitrogens is 4. The molecule has 1 fully saturated rings. The number of thiazole rings is 1. The van der Waals surface area contributed by atoms with E-state index in [9.17, 15) is 14.7 Å². The molecule has 1 aliphatic heterocycles. The van der Waals surface area contributed by atoms with Crippen molar-refractivity contribution < 1.29 is 14.7 Å². The zero-order valence-corrected chi connectivity index (χ0v) is 22.2. The van der Waals surface area contributed by atoms with Crippen LogP contribution in [0.4, 0.5) is 5.13 Å². The predicted molar refractivity (Wildman–Crippen MR) is 146 cm³/mol. The lowest BCUT2D eigenvalue weighted by molar-refractivity contribution is -0.114. The molecular weight excluding hydrogens is 524 g/mol. The number of piperidine rings is 1. The van der Waals surface area contributed by atoms with Crippen LogP contribution in [0.2, 0.25) is 5.02 Å². The van der Waals surface area contributed by atoms with E-state index in [1.54, 1.807) is 35.5 Å². The maximum absolute atomic E-state index is 13.1. The number of likely N-dealkylation sites (tertiary alicyclic amines) is 1. The Morgan fingerprint density at radius 3 is 2.84 bits per heavy atom. The summed E-state index contributed by atoms with van der Waals surface area (Å²) in [4.78, 5) is 36.3. The first-order valence-corrected chi connectivity index (χ1v) is 13.7.